The molecule has 0 spiro atoms. The Balaban J connectivity index is 1.42. The van der Waals surface area contributed by atoms with E-state index in [4.69, 9.17) is 10.1 Å². The van der Waals surface area contributed by atoms with Crippen LogP contribution >= 0.6 is 0 Å². The van der Waals surface area contributed by atoms with Crippen molar-refractivity contribution in [2.75, 3.05) is 18.4 Å². The lowest BCUT2D eigenvalue weighted by molar-refractivity contribution is -0.114. The molecule has 1 heterocycles. The molecule has 1 saturated carbocycles. The molecule has 0 unspecified atom stereocenters. The van der Waals surface area contributed by atoms with Crippen LogP contribution in [0.1, 0.15) is 82.8 Å². The standard InChI is InChI=1S/C31H41N3O4/c1-18(35)33-21-8-10-22(11-9-21)38-23-12-20-16-34(29(32)24(20)15-23)17-27(36)19-13-25(30(2,3)4)28(37)26(14-19)31(5,6)7/h8-11,13-14,20,23-24,32,37H,12,15-17H2,1-7H3,(H,33,35)/t20-,23+,24-/m0/s1. The number of amidine groups is 1. The fourth-order valence-corrected chi connectivity index (χ4v) is 5.69. The van der Waals surface area contributed by atoms with Crippen LogP contribution in [0.15, 0.2) is 36.4 Å². The van der Waals surface area contributed by atoms with E-state index in [2.05, 4.69) is 5.32 Å². The van der Waals surface area contributed by atoms with Crippen molar-refractivity contribution in [1.82, 2.24) is 4.90 Å². The smallest absolute Gasteiger partial charge is 0.221 e. The van der Waals surface area contributed by atoms with Gasteiger partial charge in [-0.2, -0.15) is 0 Å². The van der Waals surface area contributed by atoms with Gasteiger partial charge in [-0.3, -0.25) is 15.0 Å². The topological polar surface area (TPSA) is 103 Å². The molecule has 2 aromatic carbocycles. The second-order valence-electron chi connectivity index (χ2n) is 12.9. The first-order valence-corrected chi connectivity index (χ1v) is 13.4. The van der Waals surface area contributed by atoms with Crippen LogP contribution in [-0.2, 0) is 15.6 Å². The summed E-state index contributed by atoms with van der Waals surface area (Å²) in [6.07, 6.45) is 1.62. The van der Waals surface area contributed by atoms with Crippen LogP contribution in [0, 0.1) is 17.2 Å². The number of nitrogens with one attached hydrogen (secondary N) is 2. The predicted molar refractivity (Wildman–Crippen MR) is 151 cm³/mol. The molecule has 1 aliphatic heterocycles. The predicted octanol–water partition coefficient (Wildman–Crippen LogP) is 5.89. The Morgan fingerprint density at radius 1 is 1.03 bits per heavy atom. The molecule has 0 aromatic heterocycles. The molecule has 1 aliphatic carbocycles. The molecule has 7 heteroatoms. The number of fused-ring (bicyclic) bond motifs is 1. The van der Waals surface area contributed by atoms with Gasteiger partial charge in [0, 0.05) is 41.8 Å². The molecule has 0 radical (unpaired) electrons. The van der Waals surface area contributed by atoms with E-state index < -0.39 is 0 Å². The van der Waals surface area contributed by atoms with Gasteiger partial charge < -0.3 is 20.1 Å². The second-order valence-corrected chi connectivity index (χ2v) is 12.9. The summed E-state index contributed by atoms with van der Waals surface area (Å²) in [5.41, 5.74) is 2.24. The molecule has 204 valence electrons. The first-order valence-electron chi connectivity index (χ1n) is 13.4. The number of aromatic hydroxyl groups is 1. The van der Waals surface area contributed by atoms with E-state index in [0.29, 0.717) is 17.9 Å². The number of hydrogen-bond donors (Lipinski definition) is 3. The lowest BCUT2D eigenvalue weighted by atomic mass is 9.78. The first-order chi connectivity index (χ1) is 17.6. The van der Waals surface area contributed by atoms with Crippen LogP contribution in [0.2, 0.25) is 0 Å². The van der Waals surface area contributed by atoms with Gasteiger partial charge in [0.15, 0.2) is 5.78 Å². The van der Waals surface area contributed by atoms with Crippen molar-refractivity contribution < 1.29 is 19.4 Å². The van der Waals surface area contributed by atoms with Crippen LogP contribution in [0.5, 0.6) is 11.5 Å². The maximum atomic E-state index is 13.5. The number of carbonyl (C=O) groups excluding carboxylic acids is 2. The summed E-state index contributed by atoms with van der Waals surface area (Å²) in [7, 11) is 0. The largest absolute Gasteiger partial charge is 0.507 e. The number of carbonyl (C=O) groups is 2. The van der Waals surface area contributed by atoms with Gasteiger partial charge in [0.05, 0.1) is 18.5 Å². The van der Waals surface area contributed by atoms with Crippen LogP contribution in [0.25, 0.3) is 0 Å². The van der Waals surface area contributed by atoms with E-state index >= 15 is 0 Å². The Labute approximate surface area is 226 Å². The second kappa shape index (κ2) is 10.1. The van der Waals surface area contributed by atoms with Crippen molar-refractivity contribution in [3.05, 3.63) is 53.1 Å². The van der Waals surface area contributed by atoms with E-state index in [0.717, 1.165) is 35.4 Å². The van der Waals surface area contributed by atoms with Gasteiger partial charge in [-0.1, -0.05) is 41.5 Å². The third-order valence-electron chi connectivity index (χ3n) is 7.66. The van der Waals surface area contributed by atoms with E-state index in [9.17, 15) is 14.7 Å². The molecule has 3 N–H and O–H groups in total. The molecule has 38 heavy (non-hydrogen) atoms. The van der Waals surface area contributed by atoms with Crippen molar-refractivity contribution in [2.45, 2.75) is 78.2 Å². The van der Waals surface area contributed by atoms with Gasteiger partial charge in [0.2, 0.25) is 5.91 Å². The van der Waals surface area contributed by atoms with Crippen molar-refractivity contribution in [3.8, 4) is 11.5 Å². The maximum Gasteiger partial charge on any atom is 0.221 e. The monoisotopic (exact) mass is 519 g/mol. The number of ketones is 1. The average molecular weight is 520 g/mol. The highest BCUT2D eigenvalue weighted by molar-refractivity contribution is 6.01. The number of nitrogens with zero attached hydrogens (tertiary/aromatic N) is 1. The van der Waals surface area contributed by atoms with Gasteiger partial charge in [-0.25, -0.2) is 0 Å². The van der Waals surface area contributed by atoms with Gasteiger partial charge in [-0.15, -0.1) is 0 Å². The molecule has 1 amide bonds. The minimum Gasteiger partial charge on any atom is -0.507 e. The third-order valence-corrected chi connectivity index (χ3v) is 7.66. The third kappa shape index (κ3) is 5.87. The zero-order chi connectivity index (χ0) is 28.0. The van der Waals surface area contributed by atoms with Crippen LogP contribution in [0.3, 0.4) is 0 Å². The molecule has 3 atom stereocenters. The number of likely N-dealkylation sites (tertiary alicyclic amines) is 1. The zero-order valence-corrected chi connectivity index (χ0v) is 23.6. The fourth-order valence-electron chi connectivity index (χ4n) is 5.69. The number of rotatable bonds is 6. The Morgan fingerprint density at radius 3 is 2.11 bits per heavy atom. The molecule has 0 bridgehead atoms. The number of benzene rings is 2. The van der Waals surface area contributed by atoms with E-state index in [-0.39, 0.29) is 52.8 Å². The molecular weight excluding hydrogens is 478 g/mol. The average Bonchev–Trinajstić information content (AvgIpc) is 3.31. The Kier molecular flexibility index (Phi) is 7.34. The highest BCUT2D eigenvalue weighted by Crippen LogP contribution is 2.42. The Bertz CT molecular complexity index is 1200. The molecular formula is C31H41N3O4. The lowest BCUT2D eigenvalue weighted by Gasteiger charge is -2.28. The van der Waals surface area contributed by atoms with Crippen LogP contribution in [-0.4, -0.2) is 46.7 Å². The summed E-state index contributed by atoms with van der Waals surface area (Å²) in [6, 6.07) is 11.0. The van der Waals surface area contributed by atoms with Gasteiger partial charge in [-0.05, 0) is 66.0 Å². The number of phenols is 1. The number of Topliss-reactive ketones (excluding diaryl/α,β-unsaturated/α-hetero) is 1. The van der Waals surface area contributed by atoms with Crippen molar-refractivity contribution in [2.24, 2.45) is 11.8 Å². The number of anilines is 1. The summed E-state index contributed by atoms with van der Waals surface area (Å²) in [4.78, 5) is 26.6. The highest BCUT2D eigenvalue weighted by Gasteiger charge is 2.46. The lowest BCUT2D eigenvalue weighted by Crippen LogP contribution is -2.34. The summed E-state index contributed by atoms with van der Waals surface area (Å²) in [6.45, 7) is 14.5. The Morgan fingerprint density at radius 2 is 1.61 bits per heavy atom. The van der Waals surface area contributed by atoms with Crippen molar-refractivity contribution in [3.63, 3.8) is 0 Å². The minimum atomic E-state index is -0.309. The summed E-state index contributed by atoms with van der Waals surface area (Å²) < 4.78 is 6.19. The van der Waals surface area contributed by atoms with Gasteiger partial charge in [0.25, 0.3) is 0 Å². The Hall–Kier alpha value is -3.35. The molecule has 1 saturated heterocycles. The number of hydrogen-bond acceptors (Lipinski definition) is 5. The van der Waals surface area contributed by atoms with Crippen LogP contribution < -0.4 is 10.1 Å². The van der Waals surface area contributed by atoms with Crippen LogP contribution in [0.4, 0.5) is 5.69 Å². The van der Waals surface area contributed by atoms with Gasteiger partial charge >= 0.3 is 0 Å². The number of ether oxygens (including phenoxy) is 1. The molecule has 7 nitrogen and oxygen atoms in total. The molecule has 2 aromatic rings. The quantitative estimate of drug-likeness (QED) is 0.413. The molecule has 2 aliphatic rings. The summed E-state index contributed by atoms with van der Waals surface area (Å²) in [5, 5.41) is 22.6. The molecule has 4 rings (SSSR count). The van der Waals surface area contributed by atoms with E-state index in [1.807, 2.05) is 82.8 Å². The number of amides is 1. The fraction of sp³-hybridized carbons (Fsp3) is 0.516. The first kappa shape index (κ1) is 27.7. The van der Waals surface area contributed by atoms with E-state index in [1.165, 1.54) is 6.92 Å². The van der Waals surface area contributed by atoms with Gasteiger partial charge in [0.1, 0.15) is 11.5 Å². The molecule has 2 fully saturated rings. The summed E-state index contributed by atoms with van der Waals surface area (Å²) >= 11 is 0. The summed E-state index contributed by atoms with van der Waals surface area (Å²) in [5.74, 6) is 1.76. The number of phenolic OH excluding ortho intramolecular Hbond substituents is 1. The van der Waals surface area contributed by atoms with Crippen molar-refractivity contribution >= 4 is 23.2 Å². The maximum absolute atomic E-state index is 13.5. The minimum absolute atomic E-state index is 0.0237. The zero-order valence-electron chi connectivity index (χ0n) is 23.6. The van der Waals surface area contributed by atoms with Crippen molar-refractivity contribution in [1.29, 1.82) is 5.41 Å². The SMILES string of the molecule is CC(=O)Nc1ccc(O[C@@H]2C[C@H]3CN(CC(=O)c4cc(C(C)(C)C)c(O)c(C(C)(C)C)c4)C(=N)[C@H]3C2)cc1. The van der Waals surface area contributed by atoms with E-state index in [1.54, 1.807) is 0 Å². The highest BCUT2D eigenvalue weighted by atomic mass is 16.5. The normalized spacial score (nSPS) is 21.4.